The van der Waals surface area contributed by atoms with Gasteiger partial charge in [0.25, 0.3) is 0 Å². The van der Waals surface area contributed by atoms with Crippen LogP contribution in [0.2, 0.25) is 0 Å². The summed E-state index contributed by atoms with van der Waals surface area (Å²) < 4.78 is 0. The normalized spacial score (nSPS) is 37.3. The summed E-state index contributed by atoms with van der Waals surface area (Å²) in [5.74, 6) is 0.746. The number of aliphatic hydroxyl groups excluding tert-OH is 1. The van der Waals surface area contributed by atoms with E-state index in [1.165, 1.54) is 25.7 Å². The monoisotopic (exact) mass is 198 g/mol. The van der Waals surface area contributed by atoms with E-state index >= 15 is 0 Å². The SMILES string of the molecule is OC[C@@H]1CCCC[C@@H]1C1(O)CCCC1. The van der Waals surface area contributed by atoms with Crippen molar-refractivity contribution in [3.63, 3.8) is 0 Å². The molecule has 0 unspecified atom stereocenters. The smallest absolute Gasteiger partial charge is 0.0679 e. The molecule has 14 heavy (non-hydrogen) atoms. The van der Waals surface area contributed by atoms with Crippen LogP contribution in [-0.2, 0) is 0 Å². The molecule has 2 aliphatic rings. The zero-order chi connectivity index (χ0) is 10.0. The third-order valence-corrected chi connectivity index (χ3v) is 4.30. The average Bonchev–Trinajstić information content (AvgIpc) is 2.66. The Morgan fingerprint density at radius 3 is 2.29 bits per heavy atom. The van der Waals surface area contributed by atoms with Gasteiger partial charge in [0.1, 0.15) is 0 Å². The molecule has 0 spiro atoms. The van der Waals surface area contributed by atoms with Gasteiger partial charge >= 0.3 is 0 Å². The summed E-state index contributed by atoms with van der Waals surface area (Å²) in [6, 6.07) is 0. The summed E-state index contributed by atoms with van der Waals surface area (Å²) in [5, 5.41) is 19.8. The molecule has 0 radical (unpaired) electrons. The molecule has 2 nitrogen and oxygen atoms in total. The number of hydrogen-bond donors (Lipinski definition) is 2. The minimum absolute atomic E-state index is 0.271. The lowest BCUT2D eigenvalue weighted by atomic mass is 9.69. The van der Waals surface area contributed by atoms with Gasteiger partial charge in [-0.15, -0.1) is 0 Å². The molecule has 2 saturated carbocycles. The van der Waals surface area contributed by atoms with E-state index in [1.807, 2.05) is 0 Å². The van der Waals surface area contributed by atoms with Crippen LogP contribution in [0.25, 0.3) is 0 Å². The van der Waals surface area contributed by atoms with Gasteiger partial charge in [-0.05, 0) is 37.5 Å². The van der Waals surface area contributed by atoms with Crippen LogP contribution < -0.4 is 0 Å². The van der Waals surface area contributed by atoms with Crippen molar-refractivity contribution in [2.24, 2.45) is 11.8 Å². The van der Waals surface area contributed by atoms with Crippen molar-refractivity contribution in [1.29, 1.82) is 0 Å². The maximum atomic E-state index is 10.5. The highest BCUT2D eigenvalue weighted by Crippen LogP contribution is 2.45. The van der Waals surface area contributed by atoms with E-state index in [4.69, 9.17) is 0 Å². The van der Waals surface area contributed by atoms with Gasteiger partial charge in [-0.3, -0.25) is 0 Å². The molecule has 0 aromatic heterocycles. The van der Waals surface area contributed by atoms with Crippen molar-refractivity contribution < 1.29 is 10.2 Å². The first-order valence-electron chi connectivity index (χ1n) is 6.09. The molecule has 82 valence electrons. The van der Waals surface area contributed by atoms with Crippen LogP contribution >= 0.6 is 0 Å². The first-order valence-corrected chi connectivity index (χ1v) is 6.09. The van der Waals surface area contributed by atoms with Crippen molar-refractivity contribution in [2.45, 2.75) is 57.0 Å². The van der Waals surface area contributed by atoms with Gasteiger partial charge in [0, 0.05) is 6.61 Å². The summed E-state index contributed by atoms with van der Waals surface area (Å²) in [5.41, 5.74) is -0.423. The Morgan fingerprint density at radius 1 is 1.00 bits per heavy atom. The highest BCUT2D eigenvalue weighted by Gasteiger charge is 2.43. The summed E-state index contributed by atoms with van der Waals surface area (Å²) in [6.45, 7) is 0.271. The van der Waals surface area contributed by atoms with Gasteiger partial charge in [-0.25, -0.2) is 0 Å². The van der Waals surface area contributed by atoms with Crippen molar-refractivity contribution in [1.82, 2.24) is 0 Å². The van der Waals surface area contributed by atoms with Crippen LogP contribution in [0.1, 0.15) is 51.4 Å². The topological polar surface area (TPSA) is 40.5 Å². The molecule has 0 aliphatic heterocycles. The Labute approximate surface area is 86.3 Å². The minimum atomic E-state index is -0.423. The largest absolute Gasteiger partial charge is 0.396 e. The molecule has 2 atom stereocenters. The fourth-order valence-electron chi connectivity index (χ4n) is 3.49. The number of aliphatic hydroxyl groups is 2. The van der Waals surface area contributed by atoms with Crippen molar-refractivity contribution >= 4 is 0 Å². The highest BCUT2D eigenvalue weighted by atomic mass is 16.3. The molecule has 0 heterocycles. The standard InChI is InChI=1S/C12H22O2/c13-9-10-5-1-2-6-11(10)12(14)7-3-4-8-12/h10-11,13-14H,1-9H2/t10-,11-/m0/s1. The first-order chi connectivity index (χ1) is 6.76. The summed E-state index contributed by atoms with van der Waals surface area (Å²) >= 11 is 0. The molecule has 0 amide bonds. The van der Waals surface area contributed by atoms with Gasteiger partial charge in [0.05, 0.1) is 5.60 Å². The maximum absolute atomic E-state index is 10.5. The average molecular weight is 198 g/mol. The Kier molecular flexibility index (Phi) is 3.13. The van der Waals surface area contributed by atoms with Gasteiger partial charge < -0.3 is 10.2 Å². The minimum Gasteiger partial charge on any atom is -0.396 e. The molecule has 2 heteroatoms. The summed E-state index contributed by atoms with van der Waals surface area (Å²) in [4.78, 5) is 0. The van der Waals surface area contributed by atoms with Crippen molar-refractivity contribution in [2.75, 3.05) is 6.61 Å². The molecule has 2 rings (SSSR count). The third kappa shape index (κ3) is 1.82. The van der Waals surface area contributed by atoms with Gasteiger partial charge in [0.15, 0.2) is 0 Å². The second-order valence-electron chi connectivity index (χ2n) is 5.14. The third-order valence-electron chi connectivity index (χ3n) is 4.30. The van der Waals surface area contributed by atoms with E-state index in [-0.39, 0.29) is 6.61 Å². The second-order valence-corrected chi connectivity index (χ2v) is 5.14. The van der Waals surface area contributed by atoms with E-state index in [1.54, 1.807) is 0 Å². The Bertz CT molecular complexity index is 185. The summed E-state index contributed by atoms with van der Waals surface area (Å²) in [6.07, 6.45) is 8.99. The molecular formula is C12H22O2. The van der Waals surface area contributed by atoms with Crippen LogP contribution in [0.3, 0.4) is 0 Å². The Hall–Kier alpha value is -0.0800. The highest BCUT2D eigenvalue weighted by molar-refractivity contribution is 4.95. The van der Waals surface area contributed by atoms with Crippen LogP contribution in [0.15, 0.2) is 0 Å². The lowest BCUT2D eigenvalue weighted by molar-refractivity contribution is -0.0626. The molecule has 0 bridgehead atoms. The molecule has 0 aromatic rings. The predicted octanol–water partition coefficient (Wildman–Crippen LogP) is 2.09. The summed E-state index contributed by atoms with van der Waals surface area (Å²) in [7, 11) is 0. The van der Waals surface area contributed by atoms with Crippen LogP contribution in [-0.4, -0.2) is 22.4 Å². The lowest BCUT2D eigenvalue weighted by Gasteiger charge is -2.40. The maximum Gasteiger partial charge on any atom is 0.0679 e. The van der Waals surface area contributed by atoms with Crippen LogP contribution in [0.4, 0.5) is 0 Å². The van der Waals surface area contributed by atoms with Crippen molar-refractivity contribution in [3.8, 4) is 0 Å². The van der Waals surface area contributed by atoms with E-state index in [2.05, 4.69) is 0 Å². The van der Waals surface area contributed by atoms with E-state index < -0.39 is 5.60 Å². The van der Waals surface area contributed by atoms with Gasteiger partial charge in [-0.1, -0.05) is 25.7 Å². The zero-order valence-corrected chi connectivity index (χ0v) is 8.91. The van der Waals surface area contributed by atoms with Crippen LogP contribution in [0, 0.1) is 11.8 Å². The fourth-order valence-corrected chi connectivity index (χ4v) is 3.49. The molecular weight excluding hydrogens is 176 g/mol. The van der Waals surface area contributed by atoms with Gasteiger partial charge in [0.2, 0.25) is 0 Å². The van der Waals surface area contributed by atoms with E-state index in [9.17, 15) is 10.2 Å². The molecule has 0 saturated heterocycles. The quantitative estimate of drug-likeness (QED) is 0.713. The van der Waals surface area contributed by atoms with Crippen molar-refractivity contribution in [3.05, 3.63) is 0 Å². The molecule has 2 fully saturated rings. The number of hydrogen-bond acceptors (Lipinski definition) is 2. The first kappa shape index (κ1) is 10.4. The number of rotatable bonds is 2. The zero-order valence-electron chi connectivity index (χ0n) is 8.91. The van der Waals surface area contributed by atoms with Gasteiger partial charge in [-0.2, -0.15) is 0 Å². The Balaban J connectivity index is 2.05. The fraction of sp³-hybridized carbons (Fsp3) is 1.00. The van der Waals surface area contributed by atoms with Crippen LogP contribution in [0.5, 0.6) is 0 Å². The van der Waals surface area contributed by atoms with E-state index in [0.717, 1.165) is 25.7 Å². The predicted molar refractivity (Wildman–Crippen MR) is 56.0 cm³/mol. The lowest BCUT2D eigenvalue weighted by Crippen LogP contribution is -2.42. The molecule has 2 N–H and O–H groups in total. The molecule has 0 aromatic carbocycles. The Morgan fingerprint density at radius 2 is 1.64 bits per heavy atom. The van der Waals surface area contributed by atoms with E-state index in [0.29, 0.717) is 11.8 Å². The second kappa shape index (κ2) is 4.19. The molecule has 2 aliphatic carbocycles.